The maximum atomic E-state index is 12.8. The Kier molecular flexibility index (Phi) is 5.79. The highest BCUT2D eigenvalue weighted by atomic mass is 16.1. The summed E-state index contributed by atoms with van der Waals surface area (Å²) >= 11 is 0. The molecule has 2 aromatic heterocycles. The molecule has 0 radical (unpaired) electrons. The van der Waals surface area contributed by atoms with Crippen LogP contribution in [-0.4, -0.2) is 37.1 Å². The van der Waals surface area contributed by atoms with E-state index in [0.717, 1.165) is 35.4 Å². The Hall–Kier alpha value is -3.22. The smallest absolute Gasteiger partial charge is 0.224 e. The summed E-state index contributed by atoms with van der Waals surface area (Å²) in [6, 6.07) is 10.1. The molecule has 0 saturated heterocycles. The molecular weight excluding hydrogens is 378 g/mol. The van der Waals surface area contributed by atoms with E-state index in [2.05, 4.69) is 32.1 Å². The van der Waals surface area contributed by atoms with Crippen LogP contribution < -0.4 is 5.32 Å². The van der Waals surface area contributed by atoms with Crippen molar-refractivity contribution < 1.29 is 9.59 Å². The van der Waals surface area contributed by atoms with Gasteiger partial charge >= 0.3 is 0 Å². The number of rotatable bonds is 7. The highest BCUT2D eigenvalue weighted by Gasteiger charge is 2.29. The fraction of sp³-hybridized carbons (Fsp3) is 0.391. The molecule has 1 N–H and O–H groups in total. The van der Waals surface area contributed by atoms with Crippen molar-refractivity contribution in [2.75, 3.05) is 0 Å². The van der Waals surface area contributed by atoms with Gasteiger partial charge in [0.05, 0.1) is 13.0 Å². The maximum absolute atomic E-state index is 12.8. The predicted octanol–water partition coefficient (Wildman–Crippen LogP) is 2.70. The van der Waals surface area contributed by atoms with Gasteiger partial charge in [0.25, 0.3) is 0 Å². The summed E-state index contributed by atoms with van der Waals surface area (Å²) < 4.78 is 3.92. The molecule has 0 spiro atoms. The first kappa shape index (κ1) is 20.1. The first-order chi connectivity index (χ1) is 14.5. The van der Waals surface area contributed by atoms with Gasteiger partial charge in [-0.15, -0.1) is 0 Å². The molecule has 1 aliphatic carbocycles. The van der Waals surface area contributed by atoms with Crippen LogP contribution in [0.4, 0.5) is 0 Å². The summed E-state index contributed by atoms with van der Waals surface area (Å²) in [6.45, 7) is 5.23. The highest BCUT2D eigenvalue weighted by molar-refractivity contribution is 6.01. The van der Waals surface area contributed by atoms with Crippen molar-refractivity contribution in [3.63, 3.8) is 0 Å². The van der Waals surface area contributed by atoms with Gasteiger partial charge in [-0.25, -0.2) is 4.98 Å². The number of aromatic nitrogens is 4. The van der Waals surface area contributed by atoms with Crippen molar-refractivity contribution in [2.45, 2.75) is 58.7 Å². The molecule has 0 unspecified atom stereocenters. The molecule has 1 amide bonds. The molecule has 0 saturated carbocycles. The van der Waals surface area contributed by atoms with Crippen molar-refractivity contribution in [3.05, 3.63) is 71.1 Å². The molecule has 156 valence electrons. The number of fused-ring (bicyclic) bond motifs is 1. The van der Waals surface area contributed by atoms with Crippen LogP contribution in [0, 0.1) is 6.92 Å². The lowest BCUT2D eigenvalue weighted by Gasteiger charge is -2.16. The number of ketones is 1. The van der Waals surface area contributed by atoms with Gasteiger partial charge in [-0.2, -0.15) is 5.10 Å². The van der Waals surface area contributed by atoms with Gasteiger partial charge in [0, 0.05) is 36.0 Å². The number of amides is 1. The molecule has 7 nitrogen and oxygen atoms in total. The molecule has 7 heteroatoms. The first-order valence-corrected chi connectivity index (χ1v) is 10.4. The third-order valence-corrected chi connectivity index (χ3v) is 5.71. The summed E-state index contributed by atoms with van der Waals surface area (Å²) in [5.74, 6) is 0.0772. The minimum Gasteiger partial charge on any atom is -0.351 e. The van der Waals surface area contributed by atoms with E-state index in [1.165, 1.54) is 11.9 Å². The van der Waals surface area contributed by atoms with E-state index in [0.29, 0.717) is 19.5 Å². The Morgan fingerprint density at radius 1 is 1.23 bits per heavy atom. The van der Waals surface area contributed by atoms with Crippen molar-refractivity contribution in [3.8, 4) is 0 Å². The maximum Gasteiger partial charge on any atom is 0.224 e. The SMILES string of the molecule is Cc1c(CC(=O)N[C@@H](C)Cn2cncn2)c2c(n1Cc1ccccc1)CCCC2=O. The molecule has 30 heavy (non-hydrogen) atoms. The van der Waals surface area contributed by atoms with Gasteiger partial charge in [-0.1, -0.05) is 30.3 Å². The Bertz CT molecular complexity index is 1040. The number of hydrogen-bond donors (Lipinski definition) is 1. The van der Waals surface area contributed by atoms with E-state index < -0.39 is 0 Å². The van der Waals surface area contributed by atoms with Crippen LogP contribution in [0.3, 0.4) is 0 Å². The van der Waals surface area contributed by atoms with E-state index >= 15 is 0 Å². The quantitative estimate of drug-likeness (QED) is 0.655. The van der Waals surface area contributed by atoms with Crippen LogP contribution >= 0.6 is 0 Å². The van der Waals surface area contributed by atoms with E-state index in [9.17, 15) is 9.59 Å². The minimum absolute atomic E-state index is 0.0799. The third kappa shape index (κ3) is 4.20. The number of benzene rings is 1. The molecule has 0 fully saturated rings. The molecule has 3 aromatic rings. The van der Waals surface area contributed by atoms with Gasteiger partial charge in [-0.05, 0) is 37.8 Å². The first-order valence-electron chi connectivity index (χ1n) is 10.4. The fourth-order valence-corrected chi connectivity index (χ4v) is 4.32. The second-order valence-electron chi connectivity index (χ2n) is 8.00. The summed E-state index contributed by atoms with van der Waals surface area (Å²) in [7, 11) is 0. The Labute approximate surface area is 176 Å². The Balaban J connectivity index is 1.56. The average Bonchev–Trinajstić information content (AvgIpc) is 3.31. The van der Waals surface area contributed by atoms with Gasteiger partial charge in [0.15, 0.2) is 5.78 Å². The number of Topliss-reactive ketones (excluding diaryl/α,β-unsaturated/α-hetero) is 1. The second kappa shape index (κ2) is 8.65. The average molecular weight is 406 g/mol. The largest absolute Gasteiger partial charge is 0.351 e. The molecule has 1 aliphatic rings. The van der Waals surface area contributed by atoms with Gasteiger partial charge in [0.2, 0.25) is 5.91 Å². The molecule has 1 atom stereocenters. The van der Waals surface area contributed by atoms with E-state index in [4.69, 9.17) is 0 Å². The van der Waals surface area contributed by atoms with Crippen molar-refractivity contribution in [2.24, 2.45) is 0 Å². The lowest BCUT2D eigenvalue weighted by atomic mass is 9.92. The Morgan fingerprint density at radius 3 is 2.77 bits per heavy atom. The fourth-order valence-electron chi connectivity index (χ4n) is 4.32. The van der Waals surface area contributed by atoms with Crippen LogP contribution in [0.25, 0.3) is 0 Å². The summed E-state index contributed by atoms with van der Waals surface area (Å²) in [5, 5.41) is 7.11. The highest BCUT2D eigenvalue weighted by Crippen LogP contribution is 2.31. The topological polar surface area (TPSA) is 81.8 Å². The summed E-state index contributed by atoms with van der Waals surface area (Å²) in [4.78, 5) is 29.5. The predicted molar refractivity (Wildman–Crippen MR) is 113 cm³/mol. The lowest BCUT2D eigenvalue weighted by molar-refractivity contribution is -0.121. The van der Waals surface area contributed by atoms with Crippen LogP contribution in [-0.2, 0) is 30.7 Å². The van der Waals surface area contributed by atoms with Crippen LogP contribution in [0.2, 0.25) is 0 Å². The standard InChI is InChI=1S/C23H27N5O2/c1-16(12-27-15-24-14-25-27)26-22(30)11-19-17(2)28(13-18-7-4-3-5-8-18)20-9-6-10-21(29)23(19)20/h3-5,7-8,14-16H,6,9-13H2,1-2H3,(H,26,30)/t16-/m0/s1. The van der Waals surface area contributed by atoms with Gasteiger partial charge in [-0.3, -0.25) is 14.3 Å². The second-order valence-corrected chi connectivity index (χ2v) is 8.00. The third-order valence-electron chi connectivity index (χ3n) is 5.71. The molecule has 1 aromatic carbocycles. The zero-order chi connectivity index (χ0) is 21.1. The minimum atomic E-state index is -0.0857. The molecular formula is C23H27N5O2. The van der Waals surface area contributed by atoms with Gasteiger partial charge in [0.1, 0.15) is 12.7 Å². The molecule has 4 rings (SSSR count). The van der Waals surface area contributed by atoms with E-state index in [-0.39, 0.29) is 24.2 Å². The van der Waals surface area contributed by atoms with Crippen LogP contribution in [0.15, 0.2) is 43.0 Å². The molecule has 2 heterocycles. The number of nitrogens with zero attached hydrogens (tertiary/aromatic N) is 4. The summed E-state index contributed by atoms with van der Waals surface area (Å²) in [6.07, 6.45) is 5.61. The molecule has 0 aliphatic heterocycles. The van der Waals surface area contributed by atoms with Gasteiger partial charge < -0.3 is 9.88 Å². The zero-order valence-corrected chi connectivity index (χ0v) is 17.5. The number of hydrogen-bond acceptors (Lipinski definition) is 4. The van der Waals surface area contributed by atoms with Crippen molar-refractivity contribution in [1.82, 2.24) is 24.6 Å². The van der Waals surface area contributed by atoms with Crippen molar-refractivity contribution in [1.29, 1.82) is 0 Å². The van der Waals surface area contributed by atoms with Crippen LogP contribution in [0.5, 0.6) is 0 Å². The monoisotopic (exact) mass is 405 g/mol. The van der Waals surface area contributed by atoms with E-state index in [1.807, 2.05) is 32.0 Å². The number of carbonyl (C=O) groups is 2. The van der Waals surface area contributed by atoms with Crippen molar-refractivity contribution >= 4 is 11.7 Å². The lowest BCUT2D eigenvalue weighted by Crippen LogP contribution is -2.37. The van der Waals surface area contributed by atoms with Crippen LogP contribution in [0.1, 0.15) is 52.6 Å². The molecule has 0 bridgehead atoms. The normalized spacial score (nSPS) is 14.4. The van der Waals surface area contributed by atoms with E-state index in [1.54, 1.807) is 11.0 Å². The number of nitrogens with one attached hydrogen (secondary N) is 1. The summed E-state index contributed by atoms with van der Waals surface area (Å²) in [5.41, 5.74) is 4.92. The Morgan fingerprint density at radius 2 is 2.03 bits per heavy atom. The zero-order valence-electron chi connectivity index (χ0n) is 17.5. The number of carbonyl (C=O) groups excluding carboxylic acids is 2.